The van der Waals surface area contributed by atoms with Crippen molar-refractivity contribution in [1.29, 1.82) is 0 Å². The van der Waals surface area contributed by atoms with Crippen molar-refractivity contribution in [1.82, 2.24) is 0 Å². The molecule has 0 heterocycles. The van der Waals surface area contributed by atoms with E-state index >= 15 is 0 Å². The lowest BCUT2D eigenvalue weighted by molar-refractivity contribution is 0.360. The van der Waals surface area contributed by atoms with Crippen LogP contribution in [0.5, 0.6) is 5.75 Å². The first kappa shape index (κ1) is 24.0. The Morgan fingerprint density at radius 3 is 2.23 bits per heavy atom. The molecule has 0 spiro atoms. The third-order valence-electron chi connectivity index (χ3n) is 5.42. The third kappa shape index (κ3) is 5.52. The van der Waals surface area contributed by atoms with Gasteiger partial charge in [-0.25, -0.2) is 22.0 Å². The number of aryl methyl sites for hydroxylation is 2. The highest BCUT2D eigenvalue weighted by atomic mass is 19.2. The maximum atomic E-state index is 14.6. The van der Waals surface area contributed by atoms with Gasteiger partial charge in [0.25, 0.3) is 0 Å². The van der Waals surface area contributed by atoms with Gasteiger partial charge in [-0.05, 0) is 65.8 Å². The fourth-order valence-electron chi connectivity index (χ4n) is 3.62. The number of rotatable bonds is 6. The zero-order valence-electron chi connectivity index (χ0n) is 18.5. The quantitative estimate of drug-likeness (QED) is 0.161. The highest BCUT2D eigenvalue weighted by Crippen LogP contribution is 2.23. The molecule has 0 saturated heterocycles. The Morgan fingerprint density at radius 1 is 0.743 bits per heavy atom. The summed E-state index contributed by atoms with van der Waals surface area (Å²) in [5.74, 6) is 1.44. The molecule has 0 aromatic heterocycles. The van der Waals surface area contributed by atoms with Crippen LogP contribution in [-0.2, 0) is 12.8 Å². The van der Waals surface area contributed by atoms with E-state index in [0.717, 1.165) is 6.07 Å². The highest BCUT2D eigenvalue weighted by molar-refractivity contribution is 5.84. The van der Waals surface area contributed by atoms with Crippen molar-refractivity contribution < 1.29 is 26.7 Å². The maximum Gasteiger partial charge on any atom is 0.166 e. The number of halogens is 5. The number of ether oxygens (including phenoxy) is 1. The Balaban J connectivity index is 1.50. The van der Waals surface area contributed by atoms with Crippen LogP contribution in [0.1, 0.15) is 22.3 Å². The normalized spacial score (nSPS) is 10.7. The van der Waals surface area contributed by atoms with Gasteiger partial charge < -0.3 is 4.74 Å². The second-order valence-electron chi connectivity index (χ2n) is 7.83. The first-order chi connectivity index (χ1) is 16.9. The predicted molar refractivity (Wildman–Crippen MR) is 126 cm³/mol. The molecule has 0 amide bonds. The van der Waals surface area contributed by atoms with E-state index in [1.807, 2.05) is 0 Å². The third-order valence-corrected chi connectivity index (χ3v) is 5.42. The van der Waals surface area contributed by atoms with Crippen LogP contribution >= 0.6 is 0 Å². The van der Waals surface area contributed by atoms with Gasteiger partial charge in [-0.2, -0.15) is 0 Å². The molecule has 0 N–H and O–H groups in total. The standard InChI is InChI=1S/C29H19F5O/c1-2-13-35-22-9-7-20(26(31)17-22)6-3-19-15-27(32)24(28(33)16-19)11-5-18-4-10-23-21(14-18)8-12-25(30)29(23)34/h2,4,7-10,12,14-17H,1,3,6,13H2. The van der Waals surface area contributed by atoms with Crippen LogP contribution in [0.3, 0.4) is 0 Å². The van der Waals surface area contributed by atoms with Crippen molar-refractivity contribution >= 4 is 10.8 Å². The van der Waals surface area contributed by atoms with Crippen LogP contribution < -0.4 is 4.74 Å². The molecule has 0 aliphatic rings. The summed E-state index contributed by atoms with van der Waals surface area (Å²) in [6, 6.07) is 13.5. The first-order valence-electron chi connectivity index (χ1n) is 10.8. The number of hydrogen-bond acceptors (Lipinski definition) is 1. The van der Waals surface area contributed by atoms with E-state index in [2.05, 4.69) is 18.4 Å². The van der Waals surface area contributed by atoms with Gasteiger partial charge in [0.1, 0.15) is 29.8 Å². The van der Waals surface area contributed by atoms with E-state index in [0.29, 0.717) is 27.8 Å². The summed E-state index contributed by atoms with van der Waals surface area (Å²) in [5.41, 5.74) is 0.741. The van der Waals surface area contributed by atoms with Crippen molar-refractivity contribution in [2.24, 2.45) is 0 Å². The zero-order valence-corrected chi connectivity index (χ0v) is 18.5. The van der Waals surface area contributed by atoms with Crippen molar-refractivity contribution in [3.05, 3.63) is 125 Å². The summed E-state index contributed by atoms with van der Waals surface area (Å²) in [4.78, 5) is 0. The number of benzene rings is 4. The second kappa shape index (κ2) is 10.4. The Labute approximate surface area is 199 Å². The SMILES string of the molecule is C=CCOc1ccc(CCc2cc(F)c(C#Cc3ccc4c(F)c(F)ccc4c3)c(F)c2)c(F)c1. The van der Waals surface area contributed by atoms with Gasteiger partial charge in [-0.1, -0.05) is 42.7 Å². The highest BCUT2D eigenvalue weighted by Gasteiger charge is 2.12. The van der Waals surface area contributed by atoms with Gasteiger partial charge in [0.15, 0.2) is 11.6 Å². The largest absolute Gasteiger partial charge is 0.489 e. The maximum absolute atomic E-state index is 14.6. The molecule has 0 aliphatic carbocycles. The lowest BCUT2D eigenvalue weighted by atomic mass is 10.0. The summed E-state index contributed by atoms with van der Waals surface area (Å²) < 4.78 is 76.0. The first-order valence-corrected chi connectivity index (χ1v) is 10.8. The summed E-state index contributed by atoms with van der Waals surface area (Å²) in [6.07, 6.45) is 2.01. The van der Waals surface area contributed by atoms with Crippen LogP contribution in [-0.4, -0.2) is 6.61 Å². The Morgan fingerprint density at radius 2 is 1.51 bits per heavy atom. The molecule has 0 unspecified atom stereocenters. The molecule has 0 saturated carbocycles. The molecule has 176 valence electrons. The second-order valence-corrected chi connectivity index (χ2v) is 7.83. The van der Waals surface area contributed by atoms with Crippen molar-refractivity contribution in [3.8, 4) is 17.6 Å². The minimum atomic E-state index is -0.966. The van der Waals surface area contributed by atoms with Gasteiger partial charge in [-0.3, -0.25) is 0 Å². The summed E-state index contributed by atoms with van der Waals surface area (Å²) in [5, 5.41) is 0.507. The molecule has 6 heteroatoms. The molecule has 0 fully saturated rings. The molecule has 4 rings (SSSR count). The van der Waals surface area contributed by atoms with Gasteiger partial charge in [0, 0.05) is 17.0 Å². The minimum Gasteiger partial charge on any atom is -0.489 e. The molecular weight excluding hydrogens is 459 g/mol. The average molecular weight is 478 g/mol. The molecule has 0 aliphatic heterocycles. The molecule has 35 heavy (non-hydrogen) atoms. The minimum absolute atomic E-state index is 0.0904. The Kier molecular flexibility index (Phi) is 7.17. The number of fused-ring (bicyclic) bond motifs is 1. The fourth-order valence-corrected chi connectivity index (χ4v) is 3.62. The summed E-state index contributed by atoms with van der Waals surface area (Å²) in [7, 11) is 0. The van der Waals surface area contributed by atoms with E-state index in [1.165, 1.54) is 42.5 Å². The monoisotopic (exact) mass is 478 g/mol. The Hall–Kier alpha value is -4.11. The van der Waals surface area contributed by atoms with Crippen LogP contribution in [0.4, 0.5) is 22.0 Å². The zero-order chi connectivity index (χ0) is 24.9. The number of hydrogen-bond donors (Lipinski definition) is 0. The van der Waals surface area contributed by atoms with E-state index in [1.54, 1.807) is 18.2 Å². The average Bonchev–Trinajstić information content (AvgIpc) is 2.84. The molecule has 0 atom stereocenters. The van der Waals surface area contributed by atoms with Crippen LogP contribution in [0.15, 0.2) is 73.3 Å². The Bertz CT molecular complexity index is 1460. The molecule has 0 radical (unpaired) electrons. The van der Waals surface area contributed by atoms with E-state index in [-0.39, 0.29) is 24.8 Å². The van der Waals surface area contributed by atoms with Crippen molar-refractivity contribution in [2.45, 2.75) is 12.8 Å². The van der Waals surface area contributed by atoms with Gasteiger partial charge in [-0.15, -0.1) is 0 Å². The summed E-state index contributed by atoms with van der Waals surface area (Å²) in [6.45, 7) is 3.79. The molecule has 0 bridgehead atoms. The van der Waals surface area contributed by atoms with Gasteiger partial charge in [0.2, 0.25) is 0 Å². The molecule has 4 aromatic rings. The summed E-state index contributed by atoms with van der Waals surface area (Å²) >= 11 is 0. The van der Waals surface area contributed by atoms with E-state index in [9.17, 15) is 22.0 Å². The van der Waals surface area contributed by atoms with Gasteiger partial charge >= 0.3 is 0 Å². The topological polar surface area (TPSA) is 9.23 Å². The predicted octanol–water partition coefficient (Wildman–Crippen LogP) is 7.29. The van der Waals surface area contributed by atoms with Crippen molar-refractivity contribution in [3.63, 3.8) is 0 Å². The fraction of sp³-hybridized carbons (Fsp3) is 0.103. The molecule has 4 aromatic carbocycles. The molecular formula is C29H19F5O. The lowest BCUT2D eigenvalue weighted by Gasteiger charge is -2.08. The lowest BCUT2D eigenvalue weighted by Crippen LogP contribution is -2.00. The molecule has 1 nitrogen and oxygen atoms in total. The van der Waals surface area contributed by atoms with Gasteiger partial charge in [0.05, 0.1) is 5.56 Å². The van der Waals surface area contributed by atoms with Crippen molar-refractivity contribution in [2.75, 3.05) is 6.61 Å². The van der Waals surface area contributed by atoms with E-state index < -0.39 is 34.6 Å². The van der Waals surface area contributed by atoms with E-state index in [4.69, 9.17) is 4.74 Å². The van der Waals surface area contributed by atoms with Crippen LogP contribution in [0.25, 0.3) is 10.8 Å². The smallest absolute Gasteiger partial charge is 0.166 e. The van der Waals surface area contributed by atoms with Crippen LogP contribution in [0, 0.1) is 40.9 Å². The van der Waals surface area contributed by atoms with Crippen LogP contribution in [0.2, 0.25) is 0 Å².